The van der Waals surface area contributed by atoms with Gasteiger partial charge in [-0.3, -0.25) is 4.79 Å². The van der Waals surface area contributed by atoms with Crippen molar-refractivity contribution in [3.63, 3.8) is 0 Å². The Morgan fingerprint density at radius 2 is 2.64 bits per heavy atom. The minimum absolute atomic E-state index is 0.110. The third-order valence-corrected chi connectivity index (χ3v) is 4.51. The maximum absolute atomic E-state index is 11.0. The Morgan fingerprint density at radius 3 is 3.09 bits per heavy atom. The minimum Gasteiger partial charge on any atom is -0.329 e. The molecular weight excluding hydrogens is 182 g/mol. The third-order valence-electron chi connectivity index (χ3n) is 2.23. The summed E-state index contributed by atoms with van der Waals surface area (Å²) in [7, 11) is 0. The number of thioether (sulfide) groups is 1. The molecule has 0 saturated carbocycles. The molecule has 0 aromatic carbocycles. The van der Waals surface area contributed by atoms with Crippen LogP contribution < -0.4 is 0 Å². The maximum atomic E-state index is 11.0. The predicted molar refractivity (Wildman–Crippen MR) is 46.8 cm³/mol. The second-order valence-electron chi connectivity index (χ2n) is 3.38. The Hall–Kier alpha value is 0.110. The molecule has 2 atom stereocenters. The van der Waals surface area contributed by atoms with Crippen LogP contribution in [0.25, 0.3) is 0 Å². The monoisotopic (exact) mass is 191 g/mol. The molecule has 0 unspecified atom stereocenters. The van der Waals surface area contributed by atoms with Gasteiger partial charge in [-0.2, -0.15) is 0 Å². The van der Waals surface area contributed by atoms with Gasteiger partial charge in [0.15, 0.2) is 0 Å². The summed E-state index contributed by atoms with van der Waals surface area (Å²) >= 11 is 7.64. The molecule has 0 aliphatic carbocycles. The van der Waals surface area contributed by atoms with Gasteiger partial charge in [-0.25, -0.2) is 0 Å². The molecule has 0 aromatic heterocycles. The van der Waals surface area contributed by atoms with Crippen LogP contribution in [0.3, 0.4) is 0 Å². The molecule has 62 valence electrons. The summed E-state index contributed by atoms with van der Waals surface area (Å²) in [5.74, 6) is 0.925. The summed E-state index contributed by atoms with van der Waals surface area (Å²) in [6.45, 7) is 2.96. The maximum Gasteiger partial charge on any atom is 0.226 e. The molecule has 11 heavy (non-hydrogen) atoms. The number of halogens is 1. The van der Waals surface area contributed by atoms with E-state index in [-0.39, 0.29) is 10.7 Å². The first-order valence-electron chi connectivity index (χ1n) is 3.68. The van der Waals surface area contributed by atoms with E-state index < -0.39 is 0 Å². The average Bonchev–Trinajstić information content (AvgIpc) is 2.25. The van der Waals surface area contributed by atoms with Gasteiger partial charge in [-0.1, -0.05) is 0 Å². The van der Waals surface area contributed by atoms with Crippen LogP contribution in [0.15, 0.2) is 0 Å². The summed E-state index contributed by atoms with van der Waals surface area (Å²) in [6, 6.07) is 0. The van der Waals surface area contributed by atoms with E-state index >= 15 is 0 Å². The summed E-state index contributed by atoms with van der Waals surface area (Å²) in [6.07, 6.45) is 0.719. The number of nitrogens with zero attached hydrogens (tertiary/aromatic N) is 1. The highest BCUT2D eigenvalue weighted by Crippen LogP contribution is 2.46. The zero-order chi connectivity index (χ0) is 8.06. The molecule has 2 fully saturated rings. The molecule has 2 rings (SSSR count). The lowest BCUT2D eigenvalue weighted by Crippen LogP contribution is -2.47. The van der Waals surface area contributed by atoms with Crippen molar-refractivity contribution in [1.29, 1.82) is 0 Å². The topological polar surface area (TPSA) is 20.3 Å². The summed E-state index contributed by atoms with van der Waals surface area (Å²) < 4.78 is 0.110. The predicted octanol–water partition coefficient (Wildman–Crippen LogP) is 1.29. The van der Waals surface area contributed by atoms with Crippen molar-refractivity contribution < 1.29 is 4.79 Å². The van der Waals surface area contributed by atoms with E-state index in [4.69, 9.17) is 11.6 Å². The Balaban J connectivity index is 2.08. The van der Waals surface area contributed by atoms with E-state index in [2.05, 4.69) is 6.92 Å². The number of amides is 1. The van der Waals surface area contributed by atoms with Crippen LogP contribution >= 0.6 is 23.4 Å². The number of β-lactam (4-membered cyclic amide) rings is 1. The van der Waals surface area contributed by atoms with Crippen molar-refractivity contribution in [2.75, 3.05) is 12.4 Å². The number of hydrogen-bond acceptors (Lipinski definition) is 2. The Labute approximate surface area is 75.3 Å². The van der Waals surface area contributed by atoms with Gasteiger partial charge in [0.1, 0.15) is 0 Å². The highest BCUT2D eigenvalue weighted by Gasteiger charge is 2.49. The van der Waals surface area contributed by atoms with Gasteiger partial charge in [-0.05, 0) is 6.92 Å². The Morgan fingerprint density at radius 1 is 1.91 bits per heavy atom. The Bertz CT molecular complexity index is 211. The normalized spacial score (nSPS) is 42.2. The van der Waals surface area contributed by atoms with Crippen molar-refractivity contribution >= 4 is 29.3 Å². The lowest BCUT2D eigenvalue weighted by Gasteiger charge is -2.32. The fourth-order valence-electron chi connectivity index (χ4n) is 1.52. The van der Waals surface area contributed by atoms with Crippen LogP contribution in [0.1, 0.15) is 13.3 Å². The van der Waals surface area contributed by atoms with Crippen molar-refractivity contribution in [1.82, 2.24) is 4.90 Å². The van der Waals surface area contributed by atoms with Gasteiger partial charge in [0.05, 0.1) is 11.8 Å². The molecule has 0 spiro atoms. The molecule has 2 saturated heterocycles. The van der Waals surface area contributed by atoms with Crippen LogP contribution in [0.2, 0.25) is 0 Å². The van der Waals surface area contributed by atoms with E-state index in [0.717, 1.165) is 13.0 Å². The molecule has 0 radical (unpaired) electrons. The number of carbonyl (C=O) groups is 1. The molecule has 0 N–H and O–H groups in total. The first-order valence-corrected chi connectivity index (χ1v) is 5.09. The highest BCUT2D eigenvalue weighted by atomic mass is 35.5. The number of hydrogen-bond donors (Lipinski definition) is 0. The van der Waals surface area contributed by atoms with Gasteiger partial charge < -0.3 is 4.90 Å². The van der Waals surface area contributed by atoms with Gasteiger partial charge in [0.25, 0.3) is 0 Å². The second-order valence-corrected chi connectivity index (χ2v) is 5.41. The van der Waals surface area contributed by atoms with Gasteiger partial charge in [0, 0.05) is 17.2 Å². The fourth-order valence-corrected chi connectivity index (χ4v) is 3.27. The minimum atomic E-state index is 0.110. The van der Waals surface area contributed by atoms with Gasteiger partial charge in [-0.15, -0.1) is 23.4 Å². The largest absolute Gasteiger partial charge is 0.329 e. The van der Waals surface area contributed by atoms with Gasteiger partial charge in [0.2, 0.25) is 5.91 Å². The SMILES string of the molecule is C[C@]1(CCl)CN2C(=O)C[C@@H]2S1. The summed E-state index contributed by atoms with van der Waals surface area (Å²) in [5, 5.41) is 0.436. The smallest absolute Gasteiger partial charge is 0.226 e. The van der Waals surface area contributed by atoms with E-state index in [1.54, 1.807) is 0 Å². The van der Waals surface area contributed by atoms with Crippen LogP contribution in [-0.2, 0) is 4.79 Å². The molecule has 0 aromatic rings. The van der Waals surface area contributed by atoms with Crippen molar-refractivity contribution in [2.45, 2.75) is 23.5 Å². The molecule has 2 aliphatic rings. The summed E-state index contributed by atoms with van der Waals surface area (Å²) in [4.78, 5) is 12.9. The van der Waals surface area contributed by atoms with E-state index in [1.165, 1.54) is 0 Å². The third kappa shape index (κ3) is 1.05. The van der Waals surface area contributed by atoms with E-state index in [9.17, 15) is 4.79 Å². The van der Waals surface area contributed by atoms with Crippen molar-refractivity contribution in [3.05, 3.63) is 0 Å². The van der Waals surface area contributed by atoms with Crippen molar-refractivity contribution in [2.24, 2.45) is 0 Å². The highest BCUT2D eigenvalue weighted by molar-refractivity contribution is 8.01. The quantitative estimate of drug-likeness (QED) is 0.460. The average molecular weight is 192 g/mol. The number of alkyl halides is 1. The molecule has 2 heterocycles. The fraction of sp³-hybridized carbons (Fsp3) is 0.857. The number of fused-ring (bicyclic) bond motifs is 1. The first kappa shape index (κ1) is 7.74. The first-order chi connectivity index (χ1) is 5.14. The van der Waals surface area contributed by atoms with Crippen LogP contribution in [0, 0.1) is 0 Å². The van der Waals surface area contributed by atoms with E-state index in [0.29, 0.717) is 11.3 Å². The van der Waals surface area contributed by atoms with E-state index in [1.807, 2.05) is 16.7 Å². The summed E-state index contributed by atoms with van der Waals surface area (Å²) in [5.41, 5.74) is 0. The van der Waals surface area contributed by atoms with Crippen LogP contribution in [0.5, 0.6) is 0 Å². The molecule has 0 bridgehead atoms. The Kier molecular flexibility index (Phi) is 1.62. The number of rotatable bonds is 1. The van der Waals surface area contributed by atoms with Crippen LogP contribution in [-0.4, -0.2) is 33.4 Å². The zero-order valence-corrected chi connectivity index (χ0v) is 7.91. The lowest BCUT2D eigenvalue weighted by molar-refractivity contribution is -0.140. The second kappa shape index (κ2) is 2.30. The number of carbonyl (C=O) groups excluding carboxylic acids is 1. The molecule has 2 aliphatic heterocycles. The zero-order valence-electron chi connectivity index (χ0n) is 6.34. The molecule has 4 heteroatoms. The molecular formula is C7H10ClNOS. The van der Waals surface area contributed by atoms with Crippen molar-refractivity contribution in [3.8, 4) is 0 Å². The standard InChI is InChI=1S/C7H10ClNOS/c1-7(3-8)4-9-5(10)2-6(9)11-7/h6H,2-4H2,1H3/t6-,7-/m0/s1. The lowest BCUT2D eigenvalue weighted by atomic mass is 10.1. The molecule has 2 nitrogen and oxygen atoms in total. The van der Waals surface area contributed by atoms with Gasteiger partial charge >= 0.3 is 0 Å². The molecule has 1 amide bonds. The van der Waals surface area contributed by atoms with Crippen LogP contribution in [0.4, 0.5) is 0 Å².